The molecule has 0 aliphatic carbocycles. The number of methoxy groups -OCH3 is 2. The van der Waals surface area contributed by atoms with Crippen LogP contribution in [0.4, 0.5) is 0 Å². The number of aliphatic hydroxyl groups excluding tert-OH is 1. The van der Waals surface area contributed by atoms with E-state index in [0.717, 1.165) is 16.7 Å². The molecule has 1 saturated heterocycles. The van der Waals surface area contributed by atoms with Gasteiger partial charge in [-0.3, -0.25) is 14.6 Å². The molecule has 1 unspecified atom stereocenters. The standard InChI is InChI=1S/C29H30N2O5/c1-17(2)22-15-23(18(3)13-24(22)36-5)27(32)25-26(20-9-11-30-12-10-20)31(29(34)28(25)33)16-19-7-6-8-21(14-19)35-4/h6-15,17,26,32H,16H2,1-5H3/b27-25+. The number of benzene rings is 2. The van der Waals surface area contributed by atoms with Crippen LogP contribution in [0.1, 0.15) is 53.6 Å². The van der Waals surface area contributed by atoms with Crippen molar-refractivity contribution in [3.63, 3.8) is 0 Å². The second kappa shape index (κ2) is 10.2. The lowest BCUT2D eigenvalue weighted by atomic mass is 9.91. The summed E-state index contributed by atoms with van der Waals surface area (Å²) in [5, 5.41) is 11.6. The molecule has 1 aliphatic heterocycles. The Morgan fingerprint density at radius 1 is 1.06 bits per heavy atom. The molecule has 0 saturated carbocycles. The molecule has 2 aromatic carbocycles. The molecule has 36 heavy (non-hydrogen) atoms. The van der Waals surface area contributed by atoms with E-state index in [4.69, 9.17) is 9.47 Å². The minimum Gasteiger partial charge on any atom is -0.507 e. The summed E-state index contributed by atoms with van der Waals surface area (Å²) >= 11 is 0. The summed E-state index contributed by atoms with van der Waals surface area (Å²) in [5.41, 5.74) is 3.67. The minimum absolute atomic E-state index is 0.0528. The number of aryl methyl sites for hydroxylation is 1. The minimum atomic E-state index is -0.775. The van der Waals surface area contributed by atoms with Gasteiger partial charge in [-0.2, -0.15) is 0 Å². The molecule has 2 heterocycles. The number of pyridine rings is 1. The van der Waals surface area contributed by atoms with Crippen molar-refractivity contribution in [3.05, 3.63) is 94.3 Å². The maximum atomic E-state index is 13.4. The highest BCUT2D eigenvalue weighted by Gasteiger charge is 2.46. The van der Waals surface area contributed by atoms with Crippen molar-refractivity contribution in [2.45, 2.75) is 39.3 Å². The SMILES string of the molecule is COc1cccc(CN2C(=O)C(=O)/C(=C(/O)c3cc(C(C)C)c(OC)cc3C)C2c2ccncc2)c1. The van der Waals surface area contributed by atoms with E-state index in [-0.39, 0.29) is 23.8 Å². The molecule has 1 fully saturated rings. The monoisotopic (exact) mass is 486 g/mol. The van der Waals surface area contributed by atoms with Gasteiger partial charge in [0.2, 0.25) is 0 Å². The molecule has 1 atom stereocenters. The number of ether oxygens (including phenoxy) is 2. The van der Waals surface area contributed by atoms with Gasteiger partial charge in [-0.25, -0.2) is 0 Å². The van der Waals surface area contributed by atoms with Crippen LogP contribution < -0.4 is 9.47 Å². The van der Waals surface area contributed by atoms with Crippen LogP contribution in [0.5, 0.6) is 11.5 Å². The van der Waals surface area contributed by atoms with Gasteiger partial charge in [0.15, 0.2) is 0 Å². The van der Waals surface area contributed by atoms with Crippen LogP contribution in [0.3, 0.4) is 0 Å². The Balaban J connectivity index is 1.89. The number of Topliss-reactive ketones (excluding diaryl/α,β-unsaturated/α-hetero) is 1. The molecular weight excluding hydrogens is 456 g/mol. The predicted octanol–water partition coefficient (Wildman–Crippen LogP) is 5.15. The molecule has 0 spiro atoms. The first-order valence-corrected chi connectivity index (χ1v) is 11.8. The van der Waals surface area contributed by atoms with E-state index in [0.29, 0.717) is 22.6 Å². The molecule has 1 aromatic heterocycles. The van der Waals surface area contributed by atoms with Crippen LogP contribution in [0.15, 0.2) is 66.5 Å². The van der Waals surface area contributed by atoms with E-state index < -0.39 is 17.7 Å². The summed E-state index contributed by atoms with van der Waals surface area (Å²) in [6, 6.07) is 13.8. The van der Waals surface area contributed by atoms with Crippen LogP contribution in [-0.2, 0) is 16.1 Å². The Bertz CT molecular complexity index is 1330. The van der Waals surface area contributed by atoms with Crippen molar-refractivity contribution in [3.8, 4) is 11.5 Å². The van der Waals surface area contributed by atoms with Gasteiger partial charge in [0.25, 0.3) is 11.7 Å². The van der Waals surface area contributed by atoms with Crippen LogP contribution >= 0.6 is 0 Å². The fourth-order valence-corrected chi connectivity index (χ4v) is 4.63. The molecule has 1 N–H and O–H groups in total. The molecule has 186 valence electrons. The lowest BCUT2D eigenvalue weighted by molar-refractivity contribution is -0.140. The van der Waals surface area contributed by atoms with Crippen LogP contribution in [0, 0.1) is 6.92 Å². The largest absolute Gasteiger partial charge is 0.507 e. The van der Waals surface area contributed by atoms with Gasteiger partial charge in [-0.15, -0.1) is 0 Å². The molecule has 0 bridgehead atoms. The topological polar surface area (TPSA) is 89.0 Å². The molecule has 4 rings (SSSR count). The molecule has 3 aromatic rings. The average Bonchev–Trinajstić information content (AvgIpc) is 3.13. The van der Waals surface area contributed by atoms with E-state index in [1.807, 2.05) is 57.2 Å². The highest BCUT2D eigenvalue weighted by atomic mass is 16.5. The Kier molecular flexibility index (Phi) is 7.10. The lowest BCUT2D eigenvalue weighted by Crippen LogP contribution is -2.29. The number of ketones is 1. The summed E-state index contributed by atoms with van der Waals surface area (Å²) in [6.45, 7) is 6.07. The number of amides is 1. The number of carbonyl (C=O) groups is 2. The number of aromatic nitrogens is 1. The Labute approximate surface area is 211 Å². The van der Waals surface area contributed by atoms with Crippen molar-refractivity contribution in [2.24, 2.45) is 0 Å². The predicted molar refractivity (Wildman–Crippen MR) is 137 cm³/mol. The summed E-state index contributed by atoms with van der Waals surface area (Å²) in [5.74, 6) is -0.110. The normalized spacial score (nSPS) is 17.1. The van der Waals surface area contributed by atoms with Crippen molar-refractivity contribution in [1.82, 2.24) is 9.88 Å². The van der Waals surface area contributed by atoms with E-state index >= 15 is 0 Å². The maximum absolute atomic E-state index is 13.4. The van der Waals surface area contributed by atoms with Crippen molar-refractivity contribution in [2.75, 3.05) is 14.2 Å². The van der Waals surface area contributed by atoms with E-state index in [1.165, 1.54) is 4.90 Å². The number of carbonyl (C=O) groups excluding carboxylic acids is 2. The summed E-state index contributed by atoms with van der Waals surface area (Å²) < 4.78 is 10.9. The molecule has 1 amide bonds. The zero-order valence-electron chi connectivity index (χ0n) is 21.1. The van der Waals surface area contributed by atoms with E-state index in [1.54, 1.807) is 38.7 Å². The highest BCUT2D eigenvalue weighted by Crippen LogP contribution is 2.42. The highest BCUT2D eigenvalue weighted by molar-refractivity contribution is 6.46. The molecule has 1 aliphatic rings. The van der Waals surface area contributed by atoms with Crippen molar-refractivity contribution in [1.29, 1.82) is 0 Å². The van der Waals surface area contributed by atoms with Crippen LogP contribution in [-0.4, -0.2) is 40.9 Å². The zero-order valence-corrected chi connectivity index (χ0v) is 21.1. The number of hydrogen-bond acceptors (Lipinski definition) is 6. The van der Waals surface area contributed by atoms with Crippen molar-refractivity contribution >= 4 is 17.4 Å². The van der Waals surface area contributed by atoms with Gasteiger partial charge in [-0.1, -0.05) is 26.0 Å². The fraction of sp³-hybridized carbons (Fsp3) is 0.276. The van der Waals surface area contributed by atoms with E-state index in [2.05, 4.69) is 4.98 Å². The number of hydrogen-bond donors (Lipinski definition) is 1. The molecule has 0 radical (unpaired) electrons. The maximum Gasteiger partial charge on any atom is 0.295 e. The number of nitrogens with zero attached hydrogens (tertiary/aromatic N) is 2. The molecule has 7 nitrogen and oxygen atoms in total. The average molecular weight is 487 g/mol. The second-order valence-corrected chi connectivity index (χ2v) is 9.12. The van der Waals surface area contributed by atoms with Gasteiger partial charge in [-0.05, 0) is 71.5 Å². The fourth-order valence-electron chi connectivity index (χ4n) is 4.63. The number of aliphatic hydroxyl groups is 1. The van der Waals surface area contributed by atoms with Crippen LogP contribution in [0.2, 0.25) is 0 Å². The Morgan fingerprint density at radius 2 is 1.78 bits per heavy atom. The van der Waals surface area contributed by atoms with Gasteiger partial charge in [0.05, 0.1) is 25.8 Å². The zero-order chi connectivity index (χ0) is 26.0. The van der Waals surface area contributed by atoms with Gasteiger partial charge >= 0.3 is 0 Å². The van der Waals surface area contributed by atoms with Gasteiger partial charge < -0.3 is 19.5 Å². The summed E-state index contributed by atoms with van der Waals surface area (Å²) in [6.07, 6.45) is 3.22. The summed E-state index contributed by atoms with van der Waals surface area (Å²) in [4.78, 5) is 32.3. The second-order valence-electron chi connectivity index (χ2n) is 9.12. The summed E-state index contributed by atoms with van der Waals surface area (Å²) in [7, 11) is 3.18. The first-order valence-electron chi connectivity index (χ1n) is 11.8. The van der Waals surface area contributed by atoms with Gasteiger partial charge in [0, 0.05) is 24.5 Å². The smallest absolute Gasteiger partial charge is 0.295 e. The Morgan fingerprint density at radius 3 is 2.42 bits per heavy atom. The van der Waals surface area contributed by atoms with Crippen molar-refractivity contribution < 1.29 is 24.2 Å². The molecule has 7 heteroatoms. The van der Waals surface area contributed by atoms with Crippen LogP contribution in [0.25, 0.3) is 5.76 Å². The molecular formula is C29H30N2O5. The quantitative estimate of drug-likeness (QED) is 0.282. The van der Waals surface area contributed by atoms with Gasteiger partial charge in [0.1, 0.15) is 17.3 Å². The Hall–Kier alpha value is -4.13. The third kappa shape index (κ3) is 4.56. The lowest BCUT2D eigenvalue weighted by Gasteiger charge is -2.26. The third-order valence-electron chi connectivity index (χ3n) is 6.50. The first-order chi connectivity index (χ1) is 17.3. The van der Waals surface area contributed by atoms with E-state index in [9.17, 15) is 14.7 Å². The number of likely N-dealkylation sites (tertiary alicyclic amines) is 1. The first kappa shape index (κ1) is 25.0. The third-order valence-corrected chi connectivity index (χ3v) is 6.50. The number of rotatable bonds is 7.